The van der Waals surface area contributed by atoms with Crippen molar-refractivity contribution in [3.63, 3.8) is 0 Å². The number of nitrogens with one attached hydrogen (secondary N) is 1. The lowest BCUT2D eigenvalue weighted by Gasteiger charge is -2.16. The van der Waals surface area contributed by atoms with Gasteiger partial charge in [0.15, 0.2) is 0 Å². The van der Waals surface area contributed by atoms with Crippen molar-refractivity contribution in [1.82, 2.24) is 4.98 Å². The van der Waals surface area contributed by atoms with Gasteiger partial charge < -0.3 is 15.8 Å². The number of carbonyl (C=O) groups excluding carboxylic acids is 2. The number of hydrogen-bond donors (Lipinski definition) is 2. The highest BCUT2D eigenvalue weighted by Crippen LogP contribution is 2.22. The van der Waals surface area contributed by atoms with Crippen molar-refractivity contribution in [1.29, 1.82) is 0 Å². The van der Waals surface area contributed by atoms with Crippen LogP contribution in [0.3, 0.4) is 0 Å². The number of esters is 1. The third-order valence-corrected chi connectivity index (χ3v) is 5.57. The average molecular weight is 456 g/mol. The number of aromatic nitrogens is 1. The summed E-state index contributed by atoms with van der Waals surface area (Å²) >= 11 is 0. The Balaban J connectivity index is 1.65. The van der Waals surface area contributed by atoms with Crippen LogP contribution in [0.2, 0.25) is 0 Å². The molecule has 174 valence electrons. The number of hydrogen-bond acceptors (Lipinski definition) is 5. The molecule has 3 aromatic rings. The molecule has 0 aliphatic heterocycles. The maximum atomic E-state index is 12.9. The van der Waals surface area contributed by atoms with Crippen LogP contribution in [0.15, 0.2) is 96.9 Å². The Kier molecular flexibility index (Phi) is 8.48. The van der Waals surface area contributed by atoms with E-state index < -0.39 is 11.9 Å². The van der Waals surface area contributed by atoms with Crippen LogP contribution in [0.25, 0.3) is 10.8 Å². The molecular weight excluding hydrogens is 426 g/mol. The fraction of sp³-hybridized carbons (Fsp3) is 0.179. The van der Waals surface area contributed by atoms with E-state index in [-0.39, 0.29) is 19.1 Å². The molecular formula is C28H29N3O3. The van der Waals surface area contributed by atoms with Crippen LogP contribution in [0.5, 0.6) is 0 Å². The molecule has 6 heteroatoms. The van der Waals surface area contributed by atoms with Gasteiger partial charge in [0.1, 0.15) is 6.61 Å². The van der Waals surface area contributed by atoms with Gasteiger partial charge in [-0.1, -0.05) is 49.1 Å². The highest BCUT2D eigenvalue weighted by Gasteiger charge is 2.19. The highest BCUT2D eigenvalue weighted by molar-refractivity contribution is 5.98. The molecule has 0 saturated heterocycles. The number of amides is 1. The van der Waals surface area contributed by atoms with Crippen LogP contribution in [-0.2, 0) is 20.9 Å². The topological polar surface area (TPSA) is 94.3 Å². The van der Waals surface area contributed by atoms with Gasteiger partial charge in [-0.15, -0.1) is 0 Å². The maximum absolute atomic E-state index is 12.9. The molecule has 0 spiro atoms. The second kappa shape index (κ2) is 11.7. The maximum Gasteiger partial charge on any atom is 0.338 e. The van der Waals surface area contributed by atoms with Gasteiger partial charge >= 0.3 is 5.97 Å². The van der Waals surface area contributed by atoms with E-state index in [1.807, 2.05) is 68.5 Å². The first-order valence-corrected chi connectivity index (χ1v) is 11.0. The molecule has 6 nitrogen and oxygen atoms in total. The zero-order valence-corrected chi connectivity index (χ0v) is 19.5. The molecule has 1 unspecified atom stereocenters. The van der Waals surface area contributed by atoms with Gasteiger partial charge in [0, 0.05) is 30.0 Å². The Hall–Kier alpha value is -4.03. The summed E-state index contributed by atoms with van der Waals surface area (Å²) in [5.41, 5.74) is 9.52. The second-order valence-electron chi connectivity index (χ2n) is 7.82. The van der Waals surface area contributed by atoms with E-state index in [1.165, 1.54) is 0 Å². The van der Waals surface area contributed by atoms with Crippen LogP contribution in [-0.4, -0.2) is 23.4 Å². The number of allylic oxidation sites excluding steroid dienone is 3. The van der Waals surface area contributed by atoms with E-state index >= 15 is 0 Å². The van der Waals surface area contributed by atoms with Crippen molar-refractivity contribution in [3.05, 3.63) is 108 Å². The summed E-state index contributed by atoms with van der Waals surface area (Å²) in [5.74, 6) is -1.11. The first-order valence-electron chi connectivity index (χ1n) is 11.0. The zero-order valence-electron chi connectivity index (χ0n) is 19.5. The molecule has 0 bridgehead atoms. The highest BCUT2D eigenvalue weighted by atomic mass is 16.5. The smallest absolute Gasteiger partial charge is 0.338 e. The van der Waals surface area contributed by atoms with Crippen LogP contribution < -0.4 is 11.1 Å². The van der Waals surface area contributed by atoms with Gasteiger partial charge in [0.25, 0.3) is 0 Å². The van der Waals surface area contributed by atoms with Crippen LogP contribution in [0, 0.1) is 0 Å². The first kappa shape index (κ1) is 24.6. The second-order valence-corrected chi connectivity index (χ2v) is 7.82. The molecule has 2 aromatic carbocycles. The van der Waals surface area contributed by atoms with Gasteiger partial charge in [-0.2, -0.15) is 0 Å². The fourth-order valence-electron chi connectivity index (χ4n) is 3.49. The minimum absolute atomic E-state index is 0.121. The van der Waals surface area contributed by atoms with E-state index in [1.54, 1.807) is 24.5 Å². The number of carbonyl (C=O) groups is 2. The fourth-order valence-corrected chi connectivity index (χ4v) is 3.49. The lowest BCUT2D eigenvalue weighted by molar-refractivity contribution is -0.140. The molecule has 0 saturated carbocycles. The minimum Gasteiger partial charge on any atom is -0.457 e. The number of ether oxygens (including phenoxy) is 1. The quantitative estimate of drug-likeness (QED) is 0.268. The molecule has 1 heterocycles. The predicted octanol–water partition coefficient (Wildman–Crippen LogP) is 5.04. The van der Waals surface area contributed by atoms with Gasteiger partial charge in [-0.3, -0.25) is 9.78 Å². The molecule has 1 aromatic heterocycles. The van der Waals surface area contributed by atoms with E-state index in [2.05, 4.69) is 16.9 Å². The van der Waals surface area contributed by atoms with E-state index in [0.29, 0.717) is 11.3 Å². The summed E-state index contributed by atoms with van der Waals surface area (Å²) in [6, 6.07) is 14.9. The third kappa shape index (κ3) is 6.05. The van der Waals surface area contributed by atoms with Crippen molar-refractivity contribution in [2.75, 3.05) is 11.9 Å². The summed E-state index contributed by atoms with van der Waals surface area (Å²) in [6.07, 6.45) is 8.54. The molecule has 0 aliphatic rings. The monoisotopic (exact) mass is 455 g/mol. The summed E-state index contributed by atoms with van der Waals surface area (Å²) in [4.78, 5) is 29.4. The SMILES string of the molecule is C=C/C=C(C(=O)OCc1ccc(C(CN)C(=O)Nc2ccc3cnccc3c2)cc1)\C(C)=C/C. The van der Waals surface area contributed by atoms with Crippen molar-refractivity contribution >= 4 is 28.3 Å². The summed E-state index contributed by atoms with van der Waals surface area (Å²) in [6.45, 7) is 7.64. The number of benzene rings is 2. The van der Waals surface area contributed by atoms with E-state index in [4.69, 9.17) is 10.5 Å². The largest absolute Gasteiger partial charge is 0.457 e. The number of nitrogens with two attached hydrogens (primary N) is 1. The minimum atomic E-state index is -0.510. The Morgan fingerprint density at radius 3 is 2.59 bits per heavy atom. The van der Waals surface area contributed by atoms with Crippen LogP contribution >= 0.6 is 0 Å². The summed E-state index contributed by atoms with van der Waals surface area (Å²) in [7, 11) is 0. The molecule has 1 amide bonds. The number of anilines is 1. The Morgan fingerprint density at radius 1 is 1.15 bits per heavy atom. The number of nitrogens with zero attached hydrogens (tertiary/aromatic N) is 1. The Labute approximate surface area is 199 Å². The average Bonchev–Trinajstić information content (AvgIpc) is 2.86. The van der Waals surface area contributed by atoms with Crippen molar-refractivity contribution in [2.45, 2.75) is 26.4 Å². The summed E-state index contributed by atoms with van der Waals surface area (Å²) in [5, 5.41) is 4.94. The normalized spacial score (nSPS) is 12.8. The van der Waals surface area contributed by atoms with Gasteiger partial charge in [0.05, 0.1) is 11.5 Å². The van der Waals surface area contributed by atoms with Gasteiger partial charge in [0.2, 0.25) is 5.91 Å². The van der Waals surface area contributed by atoms with Gasteiger partial charge in [-0.25, -0.2) is 4.79 Å². The predicted molar refractivity (Wildman–Crippen MR) is 136 cm³/mol. The standard InChI is InChI=1S/C28H29N3O3/c1-4-6-25(19(3)5-2)28(33)34-18-20-7-9-21(10-8-20)26(16-29)27(32)31-24-12-11-23-17-30-14-13-22(23)15-24/h4-15,17,26H,1,16,18,29H2,2-3H3,(H,31,32)/b19-5-,25-6+. The Morgan fingerprint density at radius 2 is 1.91 bits per heavy atom. The number of pyridine rings is 1. The lowest BCUT2D eigenvalue weighted by atomic mass is 9.97. The first-order chi connectivity index (χ1) is 16.5. The van der Waals surface area contributed by atoms with Gasteiger partial charge in [-0.05, 0) is 60.2 Å². The lowest BCUT2D eigenvalue weighted by Crippen LogP contribution is -2.27. The van der Waals surface area contributed by atoms with Crippen molar-refractivity contribution in [3.8, 4) is 0 Å². The molecule has 0 fully saturated rings. The van der Waals surface area contributed by atoms with E-state index in [0.717, 1.165) is 27.5 Å². The van der Waals surface area contributed by atoms with Crippen LogP contribution in [0.1, 0.15) is 30.9 Å². The van der Waals surface area contributed by atoms with Crippen molar-refractivity contribution < 1.29 is 14.3 Å². The molecule has 3 rings (SSSR count). The molecule has 0 aliphatic carbocycles. The number of rotatable bonds is 9. The Bertz CT molecular complexity index is 1240. The molecule has 3 N–H and O–H groups in total. The summed E-state index contributed by atoms with van der Waals surface area (Å²) < 4.78 is 5.45. The zero-order chi connectivity index (χ0) is 24.5. The van der Waals surface area contributed by atoms with Crippen LogP contribution in [0.4, 0.5) is 5.69 Å². The number of fused-ring (bicyclic) bond motifs is 1. The molecule has 0 radical (unpaired) electrons. The molecule has 1 atom stereocenters. The van der Waals surface area contributed by atoms with Crippen molar-refractivity contribution in [2.24, 2.45) is 5.73 Å². The molecule has 34 heavy (non-hydrogen) atoms. The van der Waals surface area contributed by atoms with E-state index in [9.17, 15) is 9.59 Å². The third-order valence-electron chi connectivity index (χ3n) is 5.57.